The fourth-order valence-corrected chi connectivity index (χ4v) is 2.55. The minimum absolute atomic E-state index is 0.0871. The number of nitro benzene ring substituents is 1. The fraction of sp³-hybridized carbons (Fsp3) is 0.0556. The van der Waals surface area contributed by atoms with Crippen molar-refractivity contribution in [1.82, 2.24) is 4.98 Å². The maximum atomic E-state index is 12.7. The molecule has 1 aromatic heterocycles. The molecule has 0 bridgehead atoms. The molecule has 5 nitrogen and oxygen atoms in total. The third-order valence-electron chi connectivity index (χ3n) is 3.87. The summed E-state index contributed by atoms with van der Waals surface area (Å²) in [6.07, 6.45) is -3.81. The predicted molar refractivity (Wildman–Crippen MR) is 88.7 cm³/mol. The van der Waals surface area contributed by atoms with Gasteiger partial charge in [0.25, 0.3) is 5.69 Å². The number of rotatable bonds is 4. The standard InChI is InChI=1S/C18H11F3N2O3/c19-18(20,21)14-5-1-11(2-6-14)16-9-13(10-24)17(22-16)12-3-7-15(8-4-12)23(25)26/h1-10,22H. The van der Waals surface area contributed by atoms with Gasteiger partial charge in [0.1, 0.15) is 0 Å². The molecule has 0 amide bonds. The summed E-state index contributed by atoms with van der Waals surface area (Å²) in [6, 6.07) is 11.7. The summed E-state index contributed by atoms with van der Waals surface area (Å²) in [5.74, 6) is 0. The van der Waals surface area contributed by atoms with Gasteiger partial charge < -0.3 is 4.98 Å². The smallest absolute Gasteiger partial charge is 0.354 e. The molecule has 0 saturated heterocycles. The number of aromatic amines is 1. The number of carbonyl (C=O) groups excluding carboxylic acids is 1. The lowest BCUT2D eigenvalue weighted by Gasteiger charge is -2.07. The average molecular weight is 360 g/mol. The number of H-pyrrole nitrogens is 1. The van der Waals surface area contributed by atoms with Crippen LogP contribution < -0.4 is 0 Å². The number of hydrogen-bond donors (Lipinski definition) is 1. The number of nitrogens with one attached hydrogen (secondary N) is 1. The van der Waals surface area contributed by atoms with Gasteiger partial charge in [-0.3, -0.25) is 14.9 Å². The summed E-state index contributed by atoms with van der Waals surface area (Å²) < 4.78 is 38.0. The number of carbonyl (C=O) groups is 1. The number of hydrogen-bond acceptors (Lipinski definition) is 3. The molecule has 0 aliphatic rings. The molecule has 0 spiro atoms. The quantitative estimate of drug-likeness (QED) is 0.400. The number of halogens is 3. The lowest BCUT2D eigenvalue weighted by molar-refractivity contribution is -0.384. The molecule has 0 aliphatic carbocycles. The van der Waals surface area contributed by atoms with Gasteiger partial charge in [0, 0.05) is 23.4 Å². The molecule has 8 heteroatoms. The largest absolute Gasteiger partial charge is 0.416 e. The Morgan fingerprint density at radius 1 is 0.962 bits per heavy atom. The predicted octanol–water partition coefficient (Wildman–Crippen LogP) is 5.09. The van der Waals surface area contributed by atoms with E-state index in [1.165, 1.54) is 42.5 Å². The van der Waals surface area contributed by atoms with E-state index in [2.05, 4.69) is 4.98 Å². The SMILES string of the molecule is O=Cc1cc(-c2ccc(C(F)(F)F)cc2)[nH]c1-c1ccc([N+](=O)[O-])cc1. The number of nitrogens with zero attached hydrogens (tertiary/aromatic N) is 1. The van der Waals surface area contributed by atoms with E-state index in [-0.39, 0.29) is 5.69 Å². The van der Waals surface area contributed by atoms with Crippen molar-refractivity contribution in [2.75, 3.05) is 0 Å². The summed E-state index contributed by atoms with van der Waals surface area (Å²) in [6.45, 7) is 0. The molecule has 1 heterocycles. The van der Waals surface area contributed by atoms with Crippen LogP contribution in [0.4, 0.5) is 18.9 Å². The summed E-state index contributed by atoms with van der Waals surface area (Å²) in [5.41, 5.74) is 1.38. The van der Waals surface area contributed by atoms with Gasteiger partial charge in [-0.25, -0.2) is 0 Å². The maximum absolute atomic E-state index is 12.7. The fourth-order valence-electron chi connectivity index (χ4n) is 2.55. The molecule has 26 heavy (non-hydrogen) atoms. The molecule has 2 aromatic carbocycles. The molecule has 132 valence electrons. The van der Waals surface area contributed by atoms with Crippen molar-refractivity contribution < 1.29 is 22.9 Å². The number of non-ortho nitro benzene ring substituents is 1. The first-order valence-electron chi connectivity index (χ1n) is 7.40. The summed E-state index contributed by atoms with van der Waals surface area (Å²) in [7, 11) is 0. The topological polar surface area (TPSA) is 76.0 Å². The van der Waals surface area contributed by atoms with Crippen molar-refractivity contribution >= 4 is 12.0 Å². The highest BCUT2D eigenvalue weighted by molar-refractivity contribution is 5.89. The van der Waals surface area contributed by atoms with Crippen LogP contribution >= 0.6 is 0 Å². The van der Waals surface area contributed by atoms with E-state index in [1.54, 1.807) is 0 Å². The number of aromatic nitrogens is 1. The van der Waals surface area contributed by atoms with Crippen molar-refractivity contribution in [3.05, 3.63) is 75.8 Å². The van der Waals surface area contributed by atoms with Gasteiger partial charge >= 0.3 is 6.18 Å². The Morgan fingerprint density at radius 3 is 2.04 bits per heavy atom. The van der Waals surface area contributed by atoms with E-state index in [0.29, 0.717) is 34.4 Å². The van der Waals surface area contributed by atoms with Crippen molar-refractivity contribution in [1.29, 1.82) is 0 Å². The van der Waals surface area contributed by atoms with Crippen LogP contribution in [0, 0.1) is 10.1 Å². The third-order valence-corrected chi connectivity index (χ3v) is 3.87. The minimum Gasteiger partial charge on any atom is -0.354 e. The highest BCUT2D eigenvalue weighted by Crippen LogP contribution is 2.33. The van der Waals surface area contributed by atoms with Crippen LogP contribution in [-0.4, -0.2) is 16.2 Å². The molecule has 0 atom stereocenters. The monoisotopic (exact) mass is 360 g/mol. The lowest BCUT2D eigenvalue weighted by atomic mass is 10.1. The molecule has 0 radical (unpaired) electrons. The lowest BCUT2D eigenvalue weighted by Crippen LogP contribution is -2.03. The third kappa shape index (κ3) is 3.34. The number of alkyl halides is 3. The normalized spacial score (nSPS) is 11.3. The minimum atomic E-state index is -4.42. The van der Waals surface area contributed by atoms with E-state index in [4.69, 9.17) is 0 Å². The van der Waals surface area contributed by atoms with E-state index in [0.717, 1.165) is 12.1 Å². The second kappa shape index (κ2) is 6.47. The molecule has 0 unspecified atom stereocenters. The Bertz CT molecular complexity index is 959. The molecule has 0 saturated carbocycles. The van der Waals surface area contributed by atoms with Gasteiger partial charge in [-0.2, -0.15) is 13.2 Å². The summed E-state index contributed by atoms with van der Waals surface area (Å²) in [5, 5.41) is 10.7. The Morgan fingerprint density at radius 2 is 1.54 bits per heavy atom. The zero-order valence-electron chi connectivity index (χ0n) is 13.1. The molecule has 1 N–H and O–H groups in total. The number of benzene rings is 2. The van der Waals surface area contributed by atoms with Gasteiger partial charge in [-0.05, 0) is 41.5 Å². The van der Waals surface area contributed by atoms with Crippen LogP contribution in [-0.2, 0) is 6.18 Å². The number of aldehydes is 1. The van der Waals surface area contributed by atoms with Crippen molar-refractivity contribution in [2.24, 2.45) is 0 Å². The number of nitro groups is 1. The van der Waals surface area contributed by atoms with Gasteiger partial charge in [0.05, 0.1) is 16.2 Å². The zero-order chi connectivity index (χ0) is 18.9. The highest BCUT2D eigenvalue weighted by Gasteiger charge is 2.30. The Hall–Kier alpha value is -3.42. The van der Waals surface area contributed by atoms with Crippen molar-refractivity contribution in [2.45, 2.75) is 6.18 Å². The van der Waals surface area contributed by atoms with E-state index < -0.39 is 16.7 Å². The first-order chi connectivity index (χ1) is 12.3. The molecular weight excluding hydrogens is 349 g/mol. The average Bonchev–Trinajstić information content (AvgIpc) is 3.05. The second-order valence-corrected chi connectivity index (χ2v) is 5.51. The zero-order valence-corrected chi connectivity index (χ0v) is 13.1. The molecule has 3 rings (SSSR count). The molecule has 3 aromatic rings. The molecule has 0 aliphatic heterocycles. The van der Waals surface area contributed by atoms with Crippen LogP contribution in [0.1, 0.15) is 15.9 Å². The first kappa shape index (κ1) is 17.4. The van der Waals surface area contributed by atoms with Crippen LogP contribution in [0.2, 0.25) is 0 Å². The van der Waals surface area contributed by atoms with Crippen LogP contribution in [0.25, 0.3) is 22.5 Å². The van der Waals surface area contributed by atoms with E-state index >= 15 is 0 Å². The Kier molecular flexibility index (Phi) is 4.33. The van der Waals surface area contributed by atoms with Crippen LogP contribution in [0.5, 0.6) is 0 Å². The summed E-state index contributed by atoms with van der Waals surface area (Å²) in [4.78, 5) is 24.5. The van der Waals surface area contributed by atoms with Gasteiger partial charge in [0.15, 0.2) is 6.29 Å². The second-order valence-electron chi connectivity index (χ2n) is 5.51. The van der Waals surface area contributed by atoms with Crippen molar-refractivity contribution in [3.63, 3.8) is 0 Å². The van der Waals surface area contributed by atoms with E-state index in [9.17, 15) is 28.1 Å². The summed E-state index contributed by atoms with van der Waals surface area (Å²) >= 11 is 0. The van der Waals surface area contributed by atoms with Crippen molar-refractivity contribution in [3.8, 4) is 22.5 Å². The Balaban J connectivity index is 1.98. The molecular formula is C18H11F3N2O3. The maximum Gasteiger partial charge on any atom is 0.416 e. The Labute approximate surface area is 145 Å². The van der Waals surface area contributed by atoms with Gasteiger partial charge in [-0.15, -0.1) is 0 Å². The van der Waals surface area contributed by atoms with Crippen LogP contribution in [0.15, 0.2) is 54.6 Å². The van der Waals surface area contributed by atoms with Gasteiger partial charge in [0.2, 0.25) is 0 Å². The molecule has 0 fully saturated rings. The van der Waals surface area contributed by atoms with E-state index in [1.807, 2.05) is 0 Å². The van der Waals surface area contributed by atoms with Crippen LogP contribution in [0.3, 0.4) is 0 Å². The highest BCUT2D eigenvalue weighted by atomic mass is 19.4. The first-order valence-corrected chi connectivity index (χ1v) is 7.40. The van der Waals surface area contributed by atoms with Gasteiger partial charge in [-0.1, -0.05) is 12.1 Å².